The number of carbonyl (C=O) groups excluding carboxylic acids is 2. The van der Waals surface area contributed by atoms with E-state index in [2.05, 4.69) is 17.8 Å². The Morgan fingerprint density at radius 1 is 1.35 bits per heavy atom. The molecule has 0 aromatic heterocycles. The Labute approximate surface area is 104 Å². The average Bonchev–Trinajstić information content (AvgIpc) is 2.37. The van der Waals surface area contributed by atoms with E-state index in [0.717, 1.165) is 0 Å². The number of nitrogens with zero attached hydrogens (tertiary/aromatic N) is 1. The first-order valence-corrected chi connectivity index (χ1v) is 5.52. The quantitative estimate of drug-likeness (QED) is 0.506. The standard InChI is InChI=1S/C11H11NO4S/c1-7(6-17)16-11(14)9-5-3-2-4-8(9)10(13)12-15/h2-5,7,17H,6H2,1H3. The van der Waals surface area contributed by atoms with Gasteiger partial charge in [0.1, 0.15) is 6.10 Å². The van der Waals surface area contributed by atoms with E-state index in [1.807, 2.05) is 0 Å². The lowest BCUT2D eigenvalue weighted by Gasteiger charge is -2.11. The van der Waals surface area contributed by atoms with Crippen LogP contribution in [-0.2, 0) is 4.74 Å². The molecule has 6 heteroatoms. The molecule has 1 amide bonds. The minimum Gasteiger partial charge on any atom is -0.458 e. The second kappa shape index (κ2) is 6.15. The van der Waals surface area contributed by atoms with Crippen molar-refractivity contribution in [3.8, 4) is 0 Å². The van der Waals surface area contributed by atoms with Crippen LogP contribution in [0.2, 0.25) is 0 Å². The van der Waals surface area contributed by atoms with Crippen LogP contribution in [-0.4, -0.2) is 23.7 Å². The predicted octanol–water partition coefficient (Wildman–Crippen LogP) is 2.07. The zero-order chi connectivity index (χ0) is 12.8. The number of amides is 1. The monoisotopic (exact) mass is 253 g/mol. The van der Waals surface area contributed by atoms with Gasteiger partial charge in [-0.05, 0) is 19.1 Å². The van der Waals surface area contributed by atoms with E-state index in [4.69, 9.17) is 4.74 Å². The van der Waals surface area contributed by atoms with Gasteiger partial charge in [-0.1, -0.05) is 12.1 Å². The molecule has 0 saturated carbocycles. The molecule has 0 saturated heterocycles. The highest BCUT2D eigenvalue weighted by molar-refractivity contribution is 7.80. The number of esters is 1. The Kier molecular flexibility index (Phi) is 4.84. The van der Waals surface area contributed by atoms with E-state index in [1.165, 1.54) is 18.2 Å². The van der Waals surface area contributed by atoms with Gasteiger partial charge in [0.15, 0.2) is 0 Å². The molecule has 1 aromatic rings. The van der Waals surface area contributed by atoms with Gasteiger partial charge in [0.05, 0.1) is 11.1 Å². The summed E-state index contributed by atoms with van der Waals surface area (Å²) in [5.41, 5.74) is -0.0235. The van der Waals surface area contributed by atoms with E-state index in [9.17, 15) is 14.5 Å². The first-order chi connectivity index (χ1) is 8.10. The van der Waals surface area contributed by atoms with Crippen LogP contribution in [0.5, 0.6) is 0 Å². The normalized spacial score (nSPS) is 11.6. The van der Waals surface area contributed by atoms with Crippen LogP contribution in [0.15, 0.2) is 29.4 Å². The van der Waals surface area contributed by atoms with Gasteiger partial charge in [0.25, 0.3) is 0 Å². The second-order valence-corrected chi connectivity index (χ2v) is 3.71. The van der Waals surface area contributed by atoms with Crippen molar-refractivity contribution in [1.29, 1.82) is 0 Å². The summed E-state index contributed by atoms with van der Waals surface area (Å²) in [5.74, 6) is -1.29. The third kappa shape index (κ3) is 3.39. The fourth-order valence-corrected chi connectivity index (χ4v) is 1.25. The maximum Gasteiger partial charge on any atom is 0.339 e. The molecule has 0 aliphatic heterocycles. The summed E-state index contributed by atoms with van der Waals surface area (Å²) in [6.45, 7) is 1.67. The lowest BCUT2D eigenvalue weighted by Crippen LogP contribution is -2.18. The highest BCUT2D eigenvalue weighted by atomic mass is 32.1. The van der Waals surface area contributed by atoms with Gasteiger partial charge in [0.2, 0.25) is 0 Å². The summed E-state index contributed by atoms with van der Waals surface area (Å²) in [6, 6.07) is 5.87. The van der Waals surface area contributed by atoms with Crippen molar-refractivity contribution >= 4 is 24.5 Å². The van der Waals surface area contributed by atoms with Crippen LogP contribution in [0.25, 0.3) is 0 Å². The summed E-state index contributed by atoms with van der Waals surface area (Å²) in [4.78, 5) is 33.1. The molecule has 0 heterocycles. The van der Waals surface area contributed by atoms with Gasteiger partial charge in [-0.25, -0.2) is 4.79 Å². The molecule has 0 radical (unpaired) electrons. The van der Waals surface area contributed by atoms with Crippen LogP contribution >= 0.6 is 12.6 Å². The molecule has 90 valence electrons. The van der Waals surface area contributed by atoms with E-state index in [-0.39, 0.29) is 17.2 Å². The molecule has 1 rings (SSSR count). The Morgan fingerprint density at radius 3 is 2.47 bits per heavy atom. The Bertz CT molecular complexity index is 447. The van der Waals surface area contributed by atoms with Gasteiger partial charge in [-0.15, -0.1) is 4.91 Å². The van der Waals surface area contributed by atoms with Crippen molar-refractivity contribution in [1.82, 2.24) is 0 Å². The smallest absolute Gasteiger partial charge is 0.339 e. The number of carbonyl (C=O) groups is 2. The number of thiol groups is 1. The van der Waals surface area contributed by atoms with E-state index in [0.29, 0.717) is 5.75 Å². The average molecular weight is 253 g/mol. The lowest BCUT2D eigenvalue weighted by molar-refractivity contribution is 0.0384. The molecule has 5 nitrogen and oxygen atoms in total. The summed E-state index contributed by atoms with van der Waals surface area (Å²) >= 11 is 3.97. The summed E-state index contributed by atoms with van der Waals surface area (Å²) in [5, 5.41) is 2.29. The molecular formula is C11H11NO4S. The Hall–Kier alpha value is -1.69. The topological polar surface area (TPSA) is 72.8 Å². The fraction of sp³-hybridized carbons (Fsp3) is 0.273. The lowest BCUT2D eigenvalue weighted by atomic mass is 10.1. The van der Waals surface area contributed by atoms with Crippen LogP contribution in [0.1, 0.15) is 27.6 Å². The van der Waals surface area contributed by atoms with E-state index >= 15 is 0 Å². The van der Waals surface area contributed by atoms with Crippen molar-refractivity contribution < 1.29 is 14.3 Å². The van der Waals surface area contributed by atoms with Crippen molar-refractivity contribution in [2.24, 2.45) is 5.18 Å². The maximum absolute atomic E-state index is 11.7. The molecule has 17 heavy (non-hydrogen) atoms. The van der Waals surface area contributed by atoms with Crippen LogP contribution in [0.4, 0.5) is 0 Å². The third-order valence-electron chi connectivity index (χ3n) is 2.03. The number of benzene rings is 1. The maximum atomic E-state index is 11.7. The van der Waals surface area contributed by atoms with Gasteiger partial charge in [0, 0.05) is 10.9 Å². The number of hydrogen-bond donors (Lipinski definition) is 1. The highest BCUT2D eigenvalue weighted by Crippen LogP contribution is 2.13. The van der Waals surface area contributed by atoms with E-state index < -0.39 is 11.9 Å². The largest absolute Gasteiger partial charge is 0.458 e. The van der Waals surface area contributed by atoms with E-state index in [1.54, 1.807) is 13.0 Å². The zero-order valence-electron chi connectivity index (χ0n) is 9.12. The summed E-state index contributed by atoms with van der Waals surface area (Å²) < 4.78 is 5.01. The molecule has 1 unspecified atom stereocenters. The van der Waals surface area contributed by atoms with Crippen LogP contribution in [0, 0.1) is 4.91 Å². The number of nitroso groups, excluding NO2 is 1. The molecule has 0 aliphatic carbocycles. The molecule has 0 N–H and O–H groups in total. The van der Waals surface area contributed by atoms with Crippen LogP contribution < -0.4 is 0 Å². The van der Waals surface area contributed by atoms with Crippen molar-refractivity contribution in [2.75, 3.05) is 5.75 Å². The third-order valence-corrected chi connectivity index (χ3v) is 2.54. The molecule has 0 bridgehead atoms. The number of hydrogen-bond acceptors (Lipinski definition) is 5. The van der Waals surface area contributed by atoms with Crippen LogP contribution in [0.3, 0.4) is 0 Å². The molecule has 1 aromatic carbocycles. The highest BCUT2D eigenvalue weighted by Gasteiger charge is 2.19. The van der Waals surface area contributed by atoms with Gasteiger partial charge in [-0.2, -0.15) is 12.6 Å². The SMILES string of the molecule is CC(CS)OC(=O)c1ccccc1C(=O)N=O. The zero-order valence-corrected chi connectivity index (χ0v) is 10.0. The van der Waals surface area contributed by atoms with Gasteiger partial charge in [-0.3, -0.25) is 4.79 Å². The fourth-order valence-electron chi connectivity index (χ4n) is 1.18. The first kappa shape index (κ1) is 13.4. The number of ether oxygens (including phenoxy) is 1. The second-order valence-electron chi connectivity index (χ2n) is 3.34. The Morgan fingerprint density at radius 2 is 1.94 bits per heavy atom. The van der Waals surface area contributed by atoms with Crippen molar-refractivity contribution in [3.63, 3.8) is 0 Å². The summed E-state index contributed by atoms with van der Waals surface area (Å²) in [6.07, 6.45) is -0.377. The summed E-state index contributed by atoms with van der Waals surface area (Å²) in [7, 11) is 0. The predicted molar refractivity (Wildman–Crippen MR) is 65.3 cm³/mol. The molecular weight excluding hydrogens is 242 g/mol. The molecule has 0 fully saturated rings. The Balaban J connectivity index is 3.01. The minimum absolute atomic E-state index is 0.0331. The first-order valence-electron chi connectivity index (χ1n) is 4.88. The van der Waals surface area contributed by atoms with Gasteiger partial charge < -0.3 is 4.74 Å². The molecule has 1 atom stereocenters. The molecule has 0 aliphatic rings. The minimum atomic E-state index is -0.990. The van der Waals surface area contributed by atoms with Crippen molar-refractivity contribution in [2.45, 2.75) is 13.0 Å². The van der Waals surface area contributed by atoms with Crippen molar-refractivity contribution in [3.05, 3.63) is 40.3 Å². The molecule has 0 spiro atoms. The van der Waals surface area contributed by atoms with Gasteiger partial charge >= 0.3 is 11.9 Å². The number of rotatable bonds is 4.